The summed E-state index contributed by atoms with van der Waals surface area (Å²) >= 11 is 0. The molecule has 0 saturated heterocycles. The van der Waals surface area contributed by atoms with E-state index in [4.69, 9.17) is 9.47 Å². The highest BCUT2D eigenvalue weighted by Gasteiger charge is 2.39. The molecule has 3 N–H and O–H groups in total. The van der Waals surface area contributed by atoms with Gasteiger partial charge < -0.3 is 25.4 Å². The molecule has 2 aromatic heterocycles. The Morgan fingerprint density at radius 2 is 1.95 bits per heavy atom. The minimum Gasteiger partial charge on any atom is -0.426 e. The number of carbonyl (C=O) groups is 5. The van der Waals surface area contributed by atoms with Gasteiger partial charge >= 0.3 is 12.1 Å². The van der Waals surface area contributed by atoms with Crippen LogP contribution >= 0.6 is 0 Å². The number of anilines is 2. The molecule has 3 aromatic rings. The van der Waals surface area contributed by atoms with Crippen LogP contribution < -0.4 is 16.0 Å². The number of benzene rings is 1. The van der Waals surface area contributed by atoms with Crippen molar-refractivity contribution in [3.63, 3.8) is 0 Å². The zero-order valence-corrected chi connectivity index (χ0v) is 23.1. The van der Waals surface area contributed by atoms with Gasteiger partial charge in [0.1, 0.15) is 17.9 Å². The van der Waals surface area contributed by atoms with E-state index >= 15 is 0 Å². The molecule has 4 amide bonds. The van der Waals surface area contributed by atoms with Crippen LogP contribution in [0.3, 0.4) is 0 Å². The van der Waals surface area contributed by atoms with Gasteiger partial charge in [0.25, 0.3) is 11.8 Å². The van der Waals surface area contributed by atoms with E-state index in [1.165, 1.54) is 13.3 Å². The second kappa shape index (κ2) is 12.4. The Kier molecular flexibility index (Phi) is 8.80. The Balaban J connectivity index is 1.53. The van der Waals surface area contributed by atoms with Gasteiger partial charge in [-0.25, -0.2) is 24.0 Å². The maximum absolute atomic E-state index is 13.4. The molecule has 1 aliphatic rings. The monoisotopic (exact) mass is 565 g/mol. The van der Waals surface area contributed by atoms with E-state index in [0.717, 1.165) is 10.5 Å². The third kappa shape index (κ3) is 6.42. The van der Waals surface area contributed by atoms with Crippen molar-refractivity contribution >= 4 is 47.3 Å². The molecule has 1 aromatic carbocycles. The van der Waals surface area contributed by atoms with Gasteiger partial charge in [-0.1, -0.05) is 6.07 Å². The van der Waals surface area contributed by atoms with Crippen LogP contribution in [0.5, 0.6) is 0 Å². The Morgan fingerprint density at radius 1 is 1.20 bits per heavy atom. The fourth-order valence-electron chi connectivity index (χ4n) is 4.13. The molecule has 1 unspecified atom stereocenters. The molecular formula is C27H31N7O7. The summed E-state index contributed by atoms with van der Waals surface area (Å²) < 4.78 is 11.4. The van der Waals surface area contributed by atoms with Gasteiger partial charge in [0.05, 0.1) is 5.56 Å². The van der Waals surface area contributed by atoms with Crippen LogP contribution in [0.25, 0.3) is 5.52 Å². The van der Waals surface area contributed by atoms with Gasteiger partial charge in [-0.2, -0.15) is 5.10 Å². The largest absolute Gasteiger partial charge is 0.426 e. The van der Waals surface area contributed by atoms with Crippen molar-refractivity contribution in [2.75, 3.05) is 18.7 Å². The van der Waals surface area contributed by atoms with E-state index in [9.17, 15) is 24.0 Å². The van der Waals surface area contributed by atoms with Gasteiger partial charge in [0.2, 0.25) is 13.2 Å². The summed E-state index contributed by atoms with van der Waals surface area (Å²) in [5.74, 6) is -1.16. The number of rotatable bonds is 11. The highest BCUT2D eigenvalue weighted by molar-refractivity contribution is 6.04. The lowest BCUT2D eigenvalue weighted by atomic mass is 10.1. The summed E-state index contributed by atoms with van der Waals surface area (Å²) in [5, 5.41) is 12.5. The maximum Gasteiger partial charge on any atom is 0.419 e. The van der Waals surface area contributed by atoms with Crippen LogP contribution in [0.1, 0.15) is 58.5 Å². The number of amides is 4. The molecule has 1 fully saturated rings. The third-order valence-corrected chi connectivity index (χ3v) is 6.53. The SMILES string of the molecule is CCNC(=O)c1cn2ncnc(Nc3cc(C(=O)N(C(=O)OCOC(=O)C(C)NC=O)C4CC4)ccc3C)c2c1C. The second-order valence-corrected chi connectivity index (χ2v) is 9.49. The number of fused-ring (bicyclic) bond motifs is 1. The zero-order chi connectivity index (χ0) is 29.7. The number of hydrogen-bond donors (Lipinski definition) is 3. The molecule has 1 aliphatic carbocycles. The lowest BCUT2D eigenvalue weighted by molar-refractivity contribution is -0.154. The van der Waals surface area contributed by atoms with Gasteiger partial charge in [-0.3, -0.25) is 14.4 Å². The summed E-state index contributed by atoms with van der Waals surface area (Å²) in [6.45, 7) is 6.67. The number of aromatic nitrogens is 3. The first-order chi connectivity index (χ1) is 19.7. The average molecular weight is 566 g/mol. The number of ether oxygens (including phenoxy) is 2. The standard InChI is InChI=1S/C27H31N7O7/c1-5-28-24(36)20-11-33-22(16(20)3)23(29-12-31-33)32-21-10-18(7-6-15(21)2)25(37)34(19-8-9-19)27(39)41-14-40-26(38)17(4)30-13-35/h6-7,10-13,17,19H,5,8-9,14H2,1-4H3,(H,28,36)(H,30,35)(H,29,31,32). The van der Waals surface area contributed by atoms with Crippen LogP contribution in [0.4, 0.5) is 16.3 Å². The molecule has 4 rings (SSSR count). The normalized spacial score (nSPS) is 13.2. The van der Waals surface area contributed by atoms with Gasteiger partial charge in [0.15, 0.2) is 5.82 Å². The first-order valence-corrected chi connectivity index (χ1v) is 13.0. The molecule has 0 spiro atoms. The van der Waals surface area contributed by atoms with Crippen LogP contribution in [-0.4, -0.2) is 75.2 Å². The van der Waals surface area contributed by atoms with E-state index in [-0.39, 0.29) is 17.5 Å². The highest BCUT2D eigenvalue weighted by Crippen LogP contribution is 2.31. The van der Waals surface area contributed by atoms with E-state index in [1.807, 2.05) is 13.8 Å². The molecule has 0 aliphatic heterocycles. The number of nitrogens with zero attached hydrogens (tertiary/aromatic N) is 4. The lowest BCUT2D eigenvalue weighted by Gasteiger charge is -2.21. The Labute approximate surface area is 235 Å². The van der Waals surface area contributed by atoms with Crippen molar-refractivity contribution in [2.45, 2.75) is 52.6 Å². The van der Waals surface area contributed by atoms with Gasteiger partial charge in [0, 0.05) is 30.0 Å². The third-order valence-electron chi connectivity index (χ3n) is 6.53. The summed E-state index contributed by atoms with van der Waals surface area (Å²) in [7, 11) is 0. The second-order valence-electron chi connectivity index (χ2n) is 9.49. The fourth-order valence-corrected chi connectivity index (χ4v) is 4.13. The number of imide groups is 1. The first kappa shape index (κ1) is 29.0. The molecule has 216 valence electrons. The molecule has 0 radical (unpaired) electrons. The van der Waals surface area contributed by atoms with Gasteiger partial charge in [-0.15, -0.1) is 0 Å². The van der Waals surface area contributed by atoms with Crippen molar-refractivity contribution in [3.8, 4) is 0 Å². The highest BCUT2D eigenvalue weighted by atomic mass is 16.7. The number of hydrogen-bond acceptors (Lipinski definition) is 10. The van der Waals surface area contributed by atoms with Crippen LogP contribution in [0.2, 0.25) is 0 Å². The topological polar surface area (TPSA) is 173 Å². The minimum atomic E-state index is -0.949. The van der Waals surface area contributed by atoms with Gasteiger partial charge in [-0.05, 0) is 63.8 Å². The minimum absolute atomic E-state index is 0.223. The number of nitrogens with one attached hydrogen (secondary N) is 3. The molecule has 0 bridgehead atoms. The summed E-state index contributed by atoms with van der Waals surface area (Å²) in [6.07, 6.45) is 3.64. The van der Waals surface area contributed by atoms with Crippen molar-refractivity contribution in [1.82, 2.24) is 30.1 Å². The summed E-state index contributed by atoms with van der Waals surface area (Å²) in [5.41, 5.74) is 3.34. The molecule has 1 atom stereocenters. The molecule has 1 saturated carbocycles. The quantitative estimate of drug-likeness (QED) is 0.178. The Hall–Kier alpha value is -5.01. The number of carbonyl (C=O) groups excluding carboxylic acids is 5. The zero-order valence-electron chi connectivity index (χ0n) is 23.1. The van der Waals surface area contributed by atoms with Crippen LogP contribution in [-0.2, 0) is 19.1 Å². The van der Waals surface area contributed by atoms with E-state index < -0.39 is 30.8 Å². The molecule has 14 heteroatoms. The van der Waals surface area contributed by atoms with Crippen molar-refractivity contribution in [3.05, 3.63) is 53.0 Å². The van der Waals surface area contributed by atoms with Crippen molar-refractivity contribution < 1.29 is 33.4 Å². The van der Waals surface area contributed by atoms with E-state index in [2.05, 4.69) is 26.0 Å². The first-order valence-electron chi connectivity index (χ1n) is 13.0. The average Bonchev–Trinajstić information content (AvgIpc) is 3.71. The number of esters is 1. The Morgan fingerprint density at radius 3 is 2.63 bits per heavy atom. The van der Waals surface area contributed by atoms with Crippen LogP contribution in [0.15, 0.2) is 30.7 Å². The molecule has 2 heterocycles. The van der Waals surface area contributed by atoms with Crippen molar-refractivity contribution in [2.24, 2.45) is 0 Å². The molecule has 14 nitrogen and oxygen atoms in total. The smallest absolute Gasteiger partial charge is 0.419 e. The number of aryl methyl sites for hydroxylation is 2. The van der Waals surface area contributed by atoms with Crippen LogP contribution in [0, 0.1) is 13.8 Å². The summed E-state index contributed by atoms with van der Waals surface area (Å²) in [6, 6.07) is 3.69. The Bertz CT molecular complexity index is 1500. The predicted octanol–water partition coefficient (Wildman–Crippen LogP) is 2.22. The summed E-state index contributed by atoms with van der Waals surface area (Å²) in [4.78, 5) is 66.4. The van der Waals surface area contributed by atoms with E-state index in [1.54, 1.807) is 35.8 Å². The predicted molar refractivity (Wildman–Crippen MR) is 145 cm³/mol. The van der Waals surface area contributed by atoms with E-state index in [0.29, 0.717) is 53.9 Å². The maximum atomic E-state index is 13.4. The molecular weight excluding hydrogens is 534 g/mol. The van der Waals surface area contributed by atoms with Crippen molar-refractivity contribution in [1.29, 1.82) is 0 Å². The fraction of sp³-hybridized carbons (Fsp3) is 0.370. The molecule has 41 heavy (non-hydrogen) atoms. The lowest BCUT2D eigenvalue weighted by Crippen LogP contribution is -2.40.